The van der Waals surface area contributed by atoms with Gasteiger partial charge in [-0.15, -0.1) is 0 Å². The number of amides is 2. The van der Waals surface area contributed by atoms with Crippen LogP contribution in [0.4, 0.5) is 24.8 Å². The van der Waals surface area contributed by atoms with E-state index in [1.165, 1.54) is 28.8 Å². The standard InChI is InChI=1S/C29H28F3N7O3/c1-2-42-20-11-16(29(41)36-22-12-15(26(31)32)9-10-34-22)4-7-19(20)24-25-27(33)35-13-21(30)39(25)28(37-24)17-3-5-18-6-8-23(40)38(18)14-17/h4,7,9-13,17-18,26H,2-3,5-6,8,14H2,1H3,(H2,33,35)(H,34,36,41)/t17-,18+/m1/s1. The molecule has 2 fully saturated rings. The van der Waals surface area contributed by atoms with Crippen LogP contribution in [0.5, 0.6) is 5.75 Å². The molecule has 0 saturated carbocycles. The lowest BCUT2D eigenvalue weighted by Crippen LogP contribution is -2.41. The summed E-state index contributed by atoms with van der Waals surface area (Å²) in [5.41, 5.74) is 7.22. The Morgan fingerprint density at radius 2 is 2.02 bits per heavy atom. The molecule has 1 aromatic carbocycles. The van der Waals surface area contributed by atoms with Crippen LogP contribution in [0.1, 0.15) is 66.7 Å². The maximum Gasteiger partial charge on any atom is 0.264 e. The maximum atomic E-state index is 15.3. The van der Waals surface area contributed by atoms with Crippen molar-refractivity contribution in [1.29, 1.82) is 0 Å². The Bertz CT molecular complexity index is 1690. The number of aromatic nitrogens is 4. The highest BCUT2D eigenvalue weighted by molar-refractivity contribution is 6.04. The van der Waals surface area contributed by atoms with Gasteiger partial charge in [0.25, 0.3) is 12.3 Å². The van der Waals surface area contributed by atoms with Crippen LogP contribution in [-0.4, -0.2) is 55.3 Å². The SMILES string of the molecule is CCOc1cc(C(=O)Nc2cc(C(F)F)ccn2)ccc1-c1nc([C@@H]2CC[C@H]3CCC(=O)N3C2)n2c(F)cnc(N)c12. The lowest BCUT2D eigenvalue weighted by molar-refractivity contribution is -0.130. The number of nitrogens with zero attached hydrogens (tertiary/aromatic N) is 5. The Kier molecular flexibility index (Phi) is 7.17. The van der Waals surface area contributed by atoms with E-state index in [0.29, 0.717) is 30.0 Å². The van der Waals surface area contributed by atoms with Gasteiger partial charge >= 0.3 is 0 Å². The zero-order chi connectivity index (χ0) is 29.5. The number of piperidine rings is 1. The van der Waals surface area contributed by atoms with E-state index in [1.54, 1.807) is 13.0 Å². The molecule has 4 aromatic rings. The predicted molar refractivity (Wildman–Crippen MR) is 148 cm³/mol. The third-order valence-corrected chi connectivity index (χ3v) is 7.83. The number of fused-ring (bicyclic) bond motifs is 2. The molecule has 0 spiro atoms. The summed E-state index contributed by atoms with van der Waals surface area (Å²) in [4.78, 5) is 40.2. The first-order valence-electron chi connectivity index (χ1n) is 13.7. The third kappa shape index (κ3) is 4.88. The largest absolute Gasteiger partial charge is 0.493 e. The van der Waals surface area contributed by atoms with Crippen molar-refractivity contribution in [2.45, 2.75) is 51.0 Å². The highest BCUT2D eigenvalue weighted by Gasteiger charge is 2.39. The van der Waals surface area contributed by atoms with E-state index in [2.05, 4.69) is 15.3 Å². The van der Waals surface area contributed by atoms with E-state index in [0.717, 1.165) is 31.5 Å². The van der Waals surface area contributed by atoms with Gasteiger partial charge in [-0.25, -0.2) is 23.7 Å². The van der Waals surface area contributed by atoms with Crippen molar-refractivity contribution in [3.8, 4) is 17.0 Å². The molecule has 218 valence electrons. The molecular weight excluding hydrogens is 551 g/mol. The first-order valence-corrected chi connectivity index (χ1v) is 13.7. The van der Waals surface area contributed by atoms with Gasteiger partial charge in [-0.1, -0.05) is 0 Å². The fourth-order valence-corrected chi connectivity index (χ4v) is 5.84. The Morgan fingerprint density at radius 1 is 1.19 bits per heavy atom. The smallest absolute Gasteiger partial charge is 0.264 e. The minimum atomic E-state index is -2.71. The van der Waals surface area contributed by atoms with Crippen molar-refractivity contribution in [2.75, 3.05) is 24.2 Å². The van der Waals surface area contributed by atoms with Gasteiger partial charge in [-0.3, -0.25) is 14.0 Å². The number of imidazole rings is 1. The number of benzene rings is 1. The number of halogens is 3. The van der Waals surface area contributed by atoms with Gasteiger partial charge < -0.3 is 20.7 Å². The number of anilines is 2. The summed E-state index contributed by atoms with van der Waals surface area (Å²) < 4.78 is 48.8. The van der Waals surface area contributed by atoms with E-state index in [1.807, 2.05) is 4.90 Å². The van der Waals surface area contributed by atoms with Crippen LogP contribution in [0.3, 0.4) is 0 Å². The second-order valence-corrected chi connectivity index (χ2v) is 10.4. The zero-order valence-corrected chi connectivity index (χ0v) is 22.7. The van der Waals surface area contributed by atoms with Crippen LogP contribution < -0.4 is 15.8 Å². The fraction of sp³-hybridized carbons (Fsp3) is 0.345. The molecule has 42 heavy (non-hydrogen) atoms. The van der Waals surface area contributed by atoms with Gasteiger partial charge in [0.2, 0.25) is 11.9 Å². The Labute approximate surface area is 238 Å². The van der Waals surface area contributed by atoms with Crippen LogP contribution in [0.2, 0.25) is 0 Å². The van der Waals surface area contributed by atoms with Crippen molar-refractivity contribution >= 4 is 29.0 Å². The van der Waals surface area contributed by atoms with Gasteiger partial charge in [0.1, 0.15) is 34.4 Å². The van der Waals surface area contributed by atoms with Crippen molar-refractivity contribution in [3.63, 3.8) is 0 Å². The average molecular weight is 580 g/mol. The highest BCUT2D eigenvalue weighted by atomic mass is 19.3. The number of nitrogen functional groups attached to an aromatic ring is 1. The van der Waals surface area contributed by atoms with Crippen LogP contribution in [0.25, 0.3) is 16.8 Å². The van der Waals surface area contributed by atoms with E-state index in [-0.39, 0.29) is 58.5 Å². The number of carbonyl (C=O) groups is 2. The average Bonchev–Trinajstić information content (AvgIpc) is 3.57. The molecule has 2 saturated heterocycles. The van der Waals surface area contributed by atoms with Crippen LogP contribution in [0, 0.1) is 5.95 Å². The molecule has 2 aliphatic rings. The predicted octanol–water partition coefficient (Wildman–Crippen LogP) is 4.97. The van der Waals surface area contributed by atoms with Crippen molar-refractivity contribution in [1.82, 2.24) is 24.3 Å². The molecule has 3 N–H and O–H groups in total. The van der Waals surface area contributed by atoms with E-state index in [4.69, 9.17) is 15.5 Å². The molecule has 13 heteroatoms. The summed E-state index contributed by atoms with van der Waals surface area (Å²) in [5.74, 6) is -0.608. The number of hydrogen-bond donors (Lipinski definition) is 2. The zero-order valence-electron chi connectivity index (χ0n) is 22.7. The summed E-state index contributed by atoms with van der Waals surface area (Å²) in [5, 5.41) is 2.53. The lowest BCUT2D eigenvalue weighted by Gasteiger charge is -2.34. The number of carbonyl (C=O) groups excluding carboxylic acids is 2. The van der Waals surface area contributed by atoms with Crippen LogP contribution >= 0.6 is 0 Å². The molecule has 5 heterocycles. The van der Waals surface area contributed by atoms with Gasteiger partial charge in [0.05, 0.1) is 12.8 Å². The number of pyridine rings is 1. The summed E-state index contributed by atoms with van der Waals surface area (Å²) in [6.07, 6.45) is 2.39. The van der Waals surface area contributed by atoms with Gasteiger partial charge in [0, 0.05) is 47.8 Å². The molecule has 2 atom stereocenters. The van der Waals surface area contributed by atoms with E-state index >= 15 is 4.39 Å². The Hall–Kier alpha value is -4.68. The topological polar surface area (TPSA) is 128 Å². The molecular formula is C29H28F3N7O3. The summed E-state index contributed by atoms with van der Waals surface area (Å²) >= 11 is 0. The molecule has 6 rings (SSSR count). The molecule has 0 radical (unpaired) electrons. The monoisotopic (exact) mass is 579 g/mol. The number of ether oxygens (including phenoxy) is 1. The molecule has 10 nitrogen and oxygen atoms in total. The number of nitrogens with one attached hydrogen (secondary N) is 1. The normalized spacial score (nSPS) is 18.5. The molecule has 0 bridgehead atoms. The van der Waals surface area contributed by atoms with Crippen LogP contribution in [-0.2, 0) is 4.79 Å². The first-order chi connectivity index (χ1) is 20.2. The van der Waals surface area contributed by atoms with Crippen molar-refractivity contribution < 1.29 is 27.5 Å². The van der Waals surface area contributed by atoms with Gasteiger partial charge in [-0.2, -0.15) is 4.39 Å². The molecule has 2 aliphatic heterocycles. The second-order valence-electron chi connectivity index (χ2n) is 10.4. The summed E-state index contributed by atoms with van der Waals surface area (Å²) in [6.45, 7) is 2.45. The van der Waals surface area contributed by atoms with Crippen molar-refractivity contribution in [3.05, 3.63) is 65.6 Å². The fourth-order valence-electron chi connectivity index (χ4n) is 5.84. The number of nitrogens with two attached hydrogens (primary N) is 1. The maximum absolute atomic E-state index is 15.3. The summed E-state index contributed by atoms with van der Waals surface area (Å²) in [7, 11) is 0. The number of rotatable bonds is 7. The third-order valence-electron chi connectivity index (χ3n) is 7.83. The quantitative estimate of drug-likeness (QED) is 0.316. The first kappa shape index (κ1) is 27.5. The lowest BCUT2D eigenvalue weighted by atomic mass is 9.92. The minimum Gasteiger partial charge on any atom is -0.493 e. The highest BCUT2D eigenvalue weighted by Crippen LogP contribution is 2.40. The second kappa shape index (κ2) is 11.0. The van der Waals surface area contributed by atoms with Crippen molar-refractivity contribution in [2.24, 2.45) is 0 Å². The Balaban J connectivity index is 1.39. The van der Waals surface area contributed by atoms with Crippen LogP contribution in [0.15, 0.2) is 42.7 Å². The Morgan fingerprint density at radius 3 is 2.81 bits per heavy atom. The van der Waals surface area contributed by atoms with Gasteiger partial charge in [0.15, 0.2) is 0 Å². The van der Waals surface area contributed by atoms with E-state index < -0.39 is 18.3 Å². The van der Waals surface area contributed by atoms with E-state index in [9.17, 15) is 18.4 Å². The molecule has 2 amide bonds. The van der Waals surface area contributed by atoms with Gasteiger partial charge in [-0.05, 0) is 56.5 Å². The molecule has 0 unspecified atom stereocenters. The number of hydrogen-bond acceptors (Lipinski definition) is 7. The molecule has 0 aliphatic carbocycles. The number of alkyl halides is 2. The minimum absolute atomic E-state index is 0.0231. The summed E-state index contributed by atoms with van der Waals surface area (Å²) in [6, 6.07) is 7.10. The molecule has 3 aromatic heterocycles.